The molecule has 0 saturated carbocycles. The monoisotopic (exact) mass is 364 g/mol. The van der Waals surface area contributed by atoms with Gasteiger partial charge < -0.3 is 9.47 Å². The van der Waals surface area contributed by atoms with Gasteiger partial charge in [0.1, 0.15) is 11.7 Å². The van der Waals surface area contributed by atoms with Crippen LogP contribution >= 0.6 is 0 Å². The Labute approximate surface area is 159 Å². The standard InChI is InChI=1S/C23H24O4/c1-4-27-23(25)22-20(16-10-8-15(2)9-11-16)13-18(14-21(22)24)17-6-5-7-19(12-17)26-3/h5-12,14,20,22H,4,13H2,1-3H3. The summed E-state index contributed by atoms with van der Waals surface area (Å²) in [5, 5.41) is 0. The molecule has 2 unspecified atom stereocenters. The van der Waals surface area contributed by atoms with E-state index in [2.05, 4.69) is 0 Å². The fraction of sp³-hybridized carbons (Fsp3) is 0.304. The normalized spacial score (nSPS) is 19.4. The number of hydrogen-bond acceptors (Lipinski definition) is 4. The third-order valence-electron chi connectivity index (χ3n) is 4.95. The molecule has 0 saturated heterocycles. The molecule has 2 aromatic carbocycles. The number of ether oxygens (including phenoxy) is 2. The largest absolute Gasteiger partial charge is 0.497 e. The molecule has 4 nitrogen and oxygen atoms in total. The van der Waals surface area contributed by atoms with E-state index in [4.69, 9.17) is 9.47 Å². The molecule has 3 rings (SSSR count). The Morgan fingerprint density at radius 1 is 1.15 bits per heavy atom. The number of carbonyl (C=O) groups is 2. The van der Waals surface area contributed by atoms with Crippen molar-refractivity contribution in [3.05, 3.63) is 71.3 Å². The van der Waals surface area contributed by atoms with Crippen LogP contribution in [-0.4, -0.2) is 25.5 Å². The van der Waals surface area contributed by atoms with E-state index < -0.39 is 11.9 Å². The van der Waals surface area contributed by atoms with Gasteiger partial charge in [0, 0.05) is 5.92 Å². The highest BCUT2D eigenvalue weighted by atomic mass is 16.5. The van der Waals surface area contributed by atoms with E-state index in [1.807, 2.05) is 55.5 Å². The van der Waals surface area contributed by atoms with Crippen LogP contribution in [-0.2, 0) is 14.3 Å². The predicted octanol–water partition coefficient (Wildman–Crippen LogP) is 4.32. The lowest BCUT2D eigenvalue weighted by atomic mass is 9.73. The van der Waals surface area contributed by atoms with E-state index in [1.54, 1.807) is 20.1 Å². The van der Waals surface area contributed by atoms with Crippen molar-refractivity contribution in [1.82, 2.24) is 0 Å². The highest BCUT2D eigenvalue weighted by molar-refractivity contribution is 6.10. The van der Waals surface area contributed by atoms with Gasteiger partial charge in [-0.3, -0.25) is 9.59 Å². The van der Waals surface area contributed by atoms with Crippen molar-refractivity contribution in [2.45, 2.75) is 26.2 Å². The molecule has 27 heavy (non-hydrogen) atoms. The molecule has 0 amide bonds. The minimum absolute atomic E-state index is 0.205. The number of aryl methyl sites for hydroxylation is 1. The van der Waals surface area contributed by atoms with Crippen LogP contribution < -0.4 is 4.74 Å². The van der Waals surface area contributed by atoms with Gasteiger partial charge in [-0.05, 0) is 55.2 Å². The molecule has 0 N–H and O–H groups in total. The summed E-state index contributed by atoms with van der Waals surface area (Å²) >= 11 is 0. The lowest BCUT2D eigenvalue weighted by molar-refractivity contribution is -0.151. The van der Waals surface area contributed by atoms with Gasteiger partial charge in [0.25, 0.3) is 0 Å². The van der Waals surface area contributed by atoms with Crippen LogP contribution in [0.2, 0.25) is 0 Å². The number of methoxy groups -OCH3 is 1. The number of carbonyl (C=O) groups excluding carboxylic acids is 2. The van der Waals surface area contributed by atoms with Crippen molar-refractivity contribution in [1.29, 1.82) is 0 Å². The predicted molar refractivity (Wildman–Crippen MR) is 105 cm³/mol. The molecule has 0 heterocycles. The minimum Gasteiger partial charge on any atom is -0.497 e. The Morgan fingerprint density at radius 2 is 1.89 bits per heavy atom. The molecular weight excluding hydrogens is 340 g/mol. The maximum absolute atomic E-state index is 12.9. The first-order chi connectivity index (χ1) is 13.0. The lowest BCUT2D eigenvalue weighted by Crippen LogP contribution is -2.34. The lowest BCUT2D eigenvalue weighted by Gasteiger charge is -2.29. The van der Waals surface area contributed by atoms with Crippen LogP contribution in [0, 0.1) is 12.8 Å². The molecule has 0 bridgehead atoms. The summed E-state index contributed by atoms with van der Waals surface area (Å²) in [5.74, 6) is -0.970. The number of benzene rings is 2. The van der Waals surface area contributed by atoms with Crippen molar-refractivity contribution >= 4 is 17.3 Å². The van der Waals surface area contributed by atoms with Crippen LogP contribution in [0.3, 0.4) is 0 Å². The molecule has 0 spiro atoms. The molecular formula is C23H24O4. The van der Waals surface area contributed by atoms with E-state index >= 15 is 0 Å². The van der Waals surface area contributed by atoms with Crippen molar-refractivity contribution in [3.63, 3.8) is 0 Å². The number of rotatable bonds is 5. The van der Waals surface area contributed by atoms with Crippen molar-refractivity contribution in [2.75, 3.05) is 13.7 Å². The van der Waals surface area contributed by atoms with Gasteiger partial charge in [-0.25, -0.2) is 0 Å². The molecule has 0 radical (unpaired) electrons. The summed E-state index contributed by atoms with van der Waals surface area (Å²) in [5.41, 5.74) is 3.95. The van der Waals surface area contributed by atoms with E-state index in [0.717, 1.165) is 28.0 Å². The van der Waals surface area contributed by atoms with Gasteiger partial charge in [0.05, 0.1) is 13.7 Å². The fourth-order valence-corrected chi connectivity index (χ4v) is 3.53. The Balaban J connectivity index is 2.02. The van der Waals surface area contributed by atoms with Crippen molar-refractivity contribution in [2.24, 2.45) is 5.92 Å². The number of ketones is 1. The van der Waals surface area contributed by atoms with E-state index in [-0.39, 0.29) is 18.3 Å². The quantitative estimate of drug-likeness (QED) is 0.586. The summed E-state index contributed by atoms with van der Waals surface area (Å²) in [6.45, 7) is 4.03. The second kappa shape index (κ2) is 8.21. The molecule has 1 aliphatic carbocycles. The third kappa shape index (κ3) is 4.11. The molecule has 2 aromatic rings. The van der Waals surface area contributed by atoms with Gasteiger partial charge in [0.2, 0.25) is 0 Å². The summed E-state index contributed by atoms with van der Waals surface area (Å²) in [6, 6.07) is 15.6. The minimum atomic E-state index is -0.804. The second-order valence-electron chi connectivity index (χ2n) is 6.75. The maximum atomic E-state index is 12.9. The average Bonchev–Trinajstić information content (AvgIpc) is 2.68. The zero-order valence-electron chi connectivity index (χ0n) is 15.9. The molecule has 4 heteroatoms. The van der Waals surface area contributed by atoms with Gasteiger partial charge >= 0.3 is 5.97 Å². The SMILES string of the molecule is CCOC(=O)C1C(=O)C=C(c2cccc(OC)c2)CC1c1ccc(C)cc1. The van der Waals surface area contributed by atoms with Crippen molar-refractivity contribution < 1.29 is 19.1 Å². The number of allylic oxidation sites excluding steroid dienone is 2. The van der Waals surface area contributed by atoms with E-state index in [1.165, 1.54) is 0 Å². The zero-order valence-corrected chi connectivity index (χ0v) is 15.9. The smallest absolute Gasteiger partial charge is 0.317 e. The molecule has 0 fully saturated rings. The van der Waals surface area contributed by atoms with Crippen LogP contribution in [0.1, 0.15) is 36.0 Å². The summed E-state index contributed by atoms with van der Waals surface area (Å²) < 4.78 is 10.5. The second-order valence-corrected chi connectivity index (χ2v) is 6.75. The summed E-state index contributed by atoms with van der Waals surface area (Å²) in [4.78, 5) is 25.4. The topological polar surface area (TPSA) is 52.6 Å². The highest BCUT2D eigenvalue weighted by Crippen LogP contribution is 2.40. The summed E-state index contributed by atoms with van der Waals surface area (Å²) in [6.07, 6.45) is 2.17. The first-order valence-electron chi connectivity index (χ1n) is 9.15. The zero-order chi connectivity index (χ0) is 19.4. The highest BCUT2D eigenvalue weighted by Gasteiger charge is 2.39. The molecule has 1 aliphatic rings. The van der Waals surface area contributed by atoms with Crippen LogP contribution in [0.15, 0.2) is 54.6 Å². The van der Waals surface area contributed by atoms with E-state index in [0.29, 0.717) is 6.42 Å². The van der Waals surface area contributed by atoms with Crippen LogP contribution in [0.4, 0.5) is 0 Å². The average molecular weight is 364 g/mol. The summed E-state index contributed by atoms with van der Waals surface area (Å²) in [7, 11) is 1.62. The Morgan fingerprint density at radius 3 is 2.56 bits per heavy atom. The Hall–Kier alpha value is -2.88. The van der Waals surface area contributed by atoms with Gasteiger partial charge in [-0.1, -0.05) is 42.0 Å². The van der Waals surface area contributed by atoms with Gasteiger partial charge in [0.15, 0.2) is 5.78 Å². The molecule has 140 valence electrons. The van der Waals surface area contributed by atoms with Gasteiger partial charge in [-0.2, -0.15) is 0 Å². The third-order valence-corrected chi connectivity index (χ3v) is 4.95. The van der Waals surface area contributed by atoms with Crippen LogP contribution in [0.25, 0.3) is 5.57 Å². The fourth-order valence-electron chi connectivity index (χ4n) is 3.53. The maximum Gasteiger partial charge on any atom is 0.317 e. The Kier molecular flexibility index (Phi) is 5.75. The first kappa shape index (κ1) is 18.9. The molecule has 0 aliphatic heterocycles. The molecule has 2 atom stereocenters. The van der Waals surface area contributed by atoms with E-state index in [9.17, 15) is 9.59 Å². The Bertz CT molecular complexity index is 864. The van der Waals surface area contributed by atoms with Crippen LogP contribution in [0.5, 0.6) is 5.75 Å². The molecule has 0 aromatic heterocycles. The number of hydrogen-bond donors (Lipinski definition) is 0. The first-order valence-corrected chi connectivity index (χ1v) is 9.15. The van der Waals surface area contributed by atoms with Crippen molar-refractivity contribution in [3.8, 4) is 5.75 Å². The number of esters is 1. The van der Waals surface area contributed by atoms with Gasteiger partial charge in [-0.15, -0.1) is 0 Å².